The number of ether oxygens (including phenoxy) is 2. The van der Waals surface area contributed by atoms with Gasteiger partial charge in [-0.1, -0.05) is 0 Å². The molecule has 1 N–H and O–H groups in total. The van der Waals surface area contributed by atoms with Gasteiger partial charge in [0.15, 0.2) is 17.3 Å². The molecule has 0 atom stereocenters. The molecular weight excluding hydrogens is 386 g/mol. The molecular formula is C22H27N3O5. The molecule has 0 bridgehead atoms. The predicted molar refractivity (Wildman–Crippen MR) is 111 cm³/mol. The van der Waals surface area contributed by atoms with Gasteiger partial charge in [0.25, 0.3) is 5.91 Å². The Balaban J connectivity index is 1.34. The third-order valence-corrected chi connectivity index (χ3v) is 5.60. The number of hydrogen-bond donors (Lipinski definition) is 1. The summed E-state index contributed by atoms with van der Waals surface area (Å²) in [4.78, 5) is 28.5. The van der Waals surface area contributed by atoms with Crippen LogP contribution in [0.25, 0.3) is 0 Å². The molecule has 2 fully saturated rings. The van der Waals surface area contributed by atoms with E-state index in [4.69, 9.17) is 13.9 Å². The fourth-order valence-corrected chi connectivity index (χ4v) is 3.90. The smallest absolute Gasteiger partial charge is 0.321 e. The maximum absolute atomic E-state index is 12.7. The van der Waals surface area contributed by atoms with Crippen LogP contribution in [0.5, 0.6) is 11.5 Å². The zero-order chi connectivity index (χ0) is 20.9. The van der Waals surface area contributed by atoms with Gasteiger partial charge in [0, 0.05) is 37.9 Å². The standard InChI is InChI=1S/C22H27N3O5/c1-28-18-9-8-16(15-20(18)30-17-5-2-3-6-17)23-22(27)25-12-10-24(11-13-25)21(26)19-7-4-14-29-19/h4,7-9,14-15,17H,2-3,5-6,10-13H2,1H3,(H,23,27). The Labute approximate surface area is 175 Å². The highest BCUT2D eigenvalue weighted by Crippen LogP contribution is 2.34. The van der Waals surface area contributed by atoms with E-state index < -0.39 is 0 Å². The monoisotopic (exact) mass is 413 g/mol. The van der Waals surface area contributed by atoms with Crippen molar-refractivity contribution in [2.45, 2.75) is 31.8 Å². The Morgan fingerprint density at radius 3 is 2.43 bits per heavy atom. The molecule has 1 aliphatic heterocycles. The molecule has 2 heterocycles. The summed E-state index contributed by atoms with van der Waals surface area (Å²) in [6.07, 6.45) is 6.12. The van der Waals surface area contributed by atoms with Crippen molar-refractivity contribution in [3.63, 3.8) is 0 Å². The molecule has 0 radical (unpaired) electrons. The molecule has 4 rings (SSSR count). The van der Waals surface area contributed by atoms with Crippen molar-refractivity contribution < 1.29 is 23.5 Å². The molecule has 3 amide bonds. The van der Waals surface area contributed by atoms with Gasteiger partial charge in [0.2, 0.25) is 0 Å². The fraction of sp³-hybridized carbons (Fsp3) is 0.455. The third kappa shape index (κ3) is 4.53. The van der Waals surface area contributed by atoms with Crippen LogP contribution in [0.3, 0.4) is 0 Å². The first-order chi connectivity index (χ1) is 14.6. The largest absolute Gasteiger partial charge is 0.493 e. The van der Waals surface area contributed by atoms with Crippen LogP contribution >= 0.6 is 0 Å². The number of urea groups is 1. The van der Waals surface area contributed by atoms with Crippen LogP contribution < -0.4 is 14.8 Å². The van der Waals surface area contributed by atoms with E-state index in [0.717, 1.165) is 12.8 Å². The number of carbonyl (C=O) groups excluding carboxylic acids is 2. The van der Waals surface area contributed by atoms with Gasteiger partial charge < -0.3 is 29.0 Å². The normalized spacial score (nSPS) is 17.1. The van der Waals surface area contributed by atoms with Gasteiger partial charge in [0.1, 0.15) is 0 Å². The molecule has 160 valence electrons. The van der Waals surface area contributed by atoms with Crippen molar-refractivity contribution in [1.29, 1.82) is 0 Å². The van der Waals surface area contributed by atoms with Gasteiger partial charge in [-0.05, 0) is 49.9 Å². The van der Waals surface area contributed by atoms with Crippen molar-refractivity contribution in [1.82, 2.24) is 9.80 Å². The molecule has 8 nitrogen and oxygen atoms in total. The van der Waals surface area contributed by atoms with E-state index in [1.165, 1.54) is 19.1 Å². The van der Waals surface area contributed by atoms with Gasteiger partial charge in [-0.3, -0.25) is 4.79 Å². The Morgan fingerprint density at radius 1 is 1.03 bits per heavy atom. The van der Waals surface area contributed by atoms with E-state index in [1.807, 2.05) is 6.07 Å². The first kappa shape index (κ1) is 20.1. The molecule has 0 spiro atoms. The quantitative estimate of drug-likeness (QED) is 0.810. The number of nitrogens with zero attached hydrogens (tertiary/aromatic N) is 2. The number of hydrogen-bond acceptors (Lipinski definition) is 5. The topological polar surface area (TPSA) is 84.3 Å². The van der Waals surface area contributed by atoms with Crippen LogP contribution in [0, 0.1) is 0 Å². The van der Waals surface area contributed by atoms with Crippen molar-refractivity contribution >= 4 is 17.6 Å². The van der Waals surface area contributed by atoms with Gasteiger partial charge in [-0.2, -0.15) is 0 Å². The summed E-state index contributed by atoms with van der Waals surface area (Å²) in [5.74, 6) is 1.48. The van der Waals surface area contributed by atoms with E-state index in [2.05, 4.69) is 5.32 Å². The first-order valence-corrected chi connectivity index (χ1v) is 10.4. The highest BCUT2D eigenvalue weighted by Gasteiger charge is 2.26. The summed E-state index contributed by atoms with van der Waals surface area (Å²) in [5.41, 5.74) is 0.655. The number of carbonyl (C=O) groups is 2. The first-order valence-electron chi connectivity index (χ1n) is 10.4. The predicted octanol–water partition coefficient (Wildman–Crippen LogP) is 3.60. The van der Waals surface area contributed by atoms with E-state index >= 15 is 0 Å². The molecule has 30 heavy (non-hydrogen) atoms. The van der Waals surface area contributed by atoms with Crippen LogP contribution in [-0.4, -0.2) is 61.1 Å². The van der Waals surface area contributed by atoms with E-state index in [9.17, 15) is 9.59 Å². The average Bonchev–Trinajstić information content (AvgIpc) is 3.48. The molecule has 0 unspecified atom stereocenters. The lowest BCUT2D eigenvalue weighted by Crippen LogP contribution is -2.51. The number of methoxy groups -OCH3 is 1. The number of furan rings is 1. The van der Waals surface area contributed by atoms with Crippen molar-refractivity contribution in [2.24, 2.45) is 0 Å². The molecule has 1 aromatic heterocycles. The van der Waals surface area contributed by atoms with Gasteiger partial charge in [-0.25, -0.2) is 4.79 Å². The number of anilines is 1. The Bertz CT molecular complexity index is 869. The van der Waals surface area contributed by atoms with E-state index in [1.54, 1.807) is 41.2 Å². The number of amides is 3. The molecule has 1 saturated carbocycles. The lowest BCUT2D eigenvalue weighted by molar-refractivity contribution is 0.0640. The van der Waals surface area contributed by atoms with Crippen LogP contribution in [-0.2, 0) is 0 Å². The number of nitrogens with one attached hydrogen (secondary N) is 1. The second kappa shape index (κ2) is 9.11. The third-order valence-electron chi connectivity index (χ3n) is 5.60. The summed E-state index contributed by atoms with van der Waals surface area (Å²) in [6.45, 7) is 1.84. The van der Waals surface area contributed by atoms with Crippen molar-refractivity contribution in [2.75, 3.05) is 38.6 Å². The molecule has 8 heteroatoms. The average molecular weight is 413 g/mol. The van der Waals surface area contributed by atoms with Gasteiger partial charge in [-0.15, -0.1) is 0 Å². The SMILES string of the molecule is COc1ccc(NC(=O)N2CCN(C(=O)c3ccco3)CC2)cc1OC1CCCC1. The summed E-state index contributed by atoms with van der Waals surface area (Å²) < 4.78 is 16.7. The Morgan fingerprint density at radius 2 is 1.77 bits per heavy atom. The zero-order valence-electron chi connectivity index (χ0n) is 17.1. The minimum absolute atomic E-state index is 0.149. The summed E-state index contributed by atoms with van der Waals surface area (Å²) in [6, 6.07) is 8.56. The Kier molecular flexibility index (Phi) is 6.11. The Hall–Kier alpha value is -3.16. The van der Waals surface area contributed by atoms with Crippen molar-refractivity contribution in [3.05, 3.63) is 42.4 Å². The van der Waals surface area contributed by atoms with Crippen LogP contribution in [0.1, 0.15) is 36.2 Å². The number of rotatable bonds is 5. The highest BCUT2D eigenvalue weighted by molar-refractivity contribution is 5.92. The van der Waals surface area contributed by atoms with Gasteiger partial charge >= 0.3 is 6.03 Å². The highest BCUT2D eigenvalue weighted by atomic mass is 16.5. The minimum Gasteiger partial charge on any atom is -0.493 e. The van der Waals surface area contributed by atoms with Crippen LogP contribution in [0.2, 0.25) is 0 Å². The number of benzene rings is 1. The van der Waals surface area contributed by atoms with Crippen molar-refractivity contribution in [3.8, 4) is 11.5 Å². The lowest BCUT2D eigenvalue weighted by atomic mass is 10.2. The van der Waals surface area contributed by atoms with E-state index in [0.29, 0.717) is 49.1 Å². The van der Waals surface area contributed by atoms with Gasteiger partial charge in [0.05, 0.1) is 19.5 Å². The summed E-state index contributed by atoms with van der Waals surface area (Å²) in [5, 5.41) is 2.93. The van der Waals surface area contributed by atoms with Crippen LogP contribution in [0.15, 0.2) is 41.0 Å². The fourth-order valence-electron chi connectivity index (χ4n) is 3.90. The molecule has 2 aliphatic rings. The van der Waals surface area contributed by atoms with E-state index in [-0.39, 0.29) is 18.0 Å². The molecule has 1 aromatic carbocycles. The maximum atomic E-state index is 12.7. The summed E-state index contributed by atoms with van der Waals surface area (Å²) in [7, 11) is 1.61. The summed E-state index contributed by atoms with van der Waals surface area (Å²) >= 11 is 0. The molecule has 2 aromatic rings. The lowest BCUT2D eigenvalue weighted by Gasteiger charge is -2.34. The molecule has 1 aliphatic carbocycles. The van der Waals surface area contributed by atoms with Crippen LogP contribution in [0.4, 0.5) is 10.5 Å². The second-order valence-electron chi connectivity index (χ2n) is 7.58. The second-order valence-corrected chi connectivity index (χ2v) is 7.58. The minimum atomic E-state index is -0.197. The maximum Gasteiger partial charge on any atom is 0.321 e. The zero-order valence-corrected chi connectivity index (χ0v) is 17.1. The number of piperazine rings is 1. The molecule has 1 saturated heterocycles.